The van der Waals surface area contributed by atoms with Crippen LogP contribution in [0.4, 0.5) is 0 Å². The summed E-state index contributed by atoms with van der Waals surface area (Å²) in [6.45, 7) is 19.9. The summed E-state index contributed by atoms with van der Waals surface area (Å²) in [5.41, 5.74) is 11.8. The van der Waals surface area contributed by atoms with Gasteiger partial charge in [-0.2, -0.15) is 0 Å². The van der Waals surface area contributed by atoms with Crippen LogP contribution in [-0.4, -0.2) is 15.1 Å². The first-order chi connectivity index (χ1) is 20.7. The van der Waals surface area contributed by atoms with Gasteiger partial charge >= 0.3 is 0 Å². The first-order valence-corrected chi connectivity index (χ1v) is 16.2. The molecule has 6 rings (SSSR count). The fourth-order valence-corrected chi connectivity index (χ4v) is 6.75. The second kappa shape index (κ2) is 12.1. The molecule has 0 amide bonds. The molecule has 0 aliphatic heterocycles. The summed E-state index contributed by atoms with van der Waals surface area (Å²) in [5.74, 6) is 0.605. The van der Waals surface area contributed by atoms with Gasteiger partial charge in [0.05, 0.1) is 11.1 Å². The van der Waals surface area contributed by atoms with Crippen LogP contribution in [0.1, 0.15) is 83.6 Å². The number of phenolic OH excluding ortho intramolecular Hbond substituents is 1. The van der Waals surface area contributed by atoms with Crippen LogP contribution in [0.25, 0.3) is 53.9 Å². The smallest absolute Gasteiger partial charge is 0.127 e. The fourth-order valence-electron chi connectivity index (χ4n) is 5.69. The average molecular weight is 793 g/mol. The minimum atomic E-state index is -0.0354. The number of aromatic nitrogens is 2. The Morgan fingerprint density at radius 2 is 1.40 bits per heavy atom. The molecule has 4 aromatic carbocycles. The minimum absolute atomic E-state index is 0. The van der Waals surface area contributed by atoms with Gasteiger partial charge in [0.2, 0.25) is 0 Å². The molecule has 2 aromatic heterocycles. The second-order valence-electron chi connectivity index (χ2n) is 14.3. The maximum absolute atomic E-state index is 10.9. The molecule has 0 atom stereocenters. The zero-order valence-corrected chi connectivity index (χ0v) is 30.7. The van der Waals surface area contributed by atoms with E-state index in [4.69, 9.17) is 9.97 Å². The van der Waals surface area contributed by atoms with Crippen LogP contribution in [0.5, 0.6) is 5.75 Å². The molecular formula is C40H41N2OPtS-. The predicted octanol–water partition coefficient (Wildman–Crippen LogP) is 11.4. The van der Waals surface area contributed by atoms with Crippen molar-refractivity contribution in [3.05, 3.63) is 101 Å². The van der Waals surface area contributed by atoms with Gasteiger partial charge in [0.1, 0.15) is 10.8 Å². The van der Waals surface area contributed by atoms with Crippen molar-refractivity contribution in [3.8, 4) is 38.6 Å². The molecule has 0 spiro atoms. The number of hydrogen-bond acceptors (Lipinski definition) is 4. The monoisotopic (exact) mass is 792 g/mol. The molecule has 5 heteroatoms. The molecule has 234 valence electrons. The Morgan fingerprint density at radius 3 is 2.04 bits per heavy atom. The van der Waals surface area contributed by atoms with E-state index >= 15 is 0 Å². The third kappa shape index (κ3) is 6.37. The Morgan fingerprint density at radius 1 is 0.756 bits per heavy atom. The minimum Gasteiger partial charge on any atom is -0.507 e. The SMILES string of the molecule is Cc1ccnc2c(-c3[c-]c(-c4cc(C(C)C)cc5sc(-c6cc(C(C)(C)C)ccc6O)nc45)ccc3)cc(C(C)(C)C)cc12.[Pt]. The molecule has 0 saturated heterocycles. The van der Waals surface area contributed by atoms with Gasteiger partial charge in [-0.1, -0.05) is 96.3 Å². The van der Waals surface area contributed by atoms with Crippen molar-refractivity contribution in [3.63, 3.8) is 0 Å². The summed E-state index contributed by atoms with van der Waals surface area (Å²) < 4.78 is 1.11. The van der Waals surface area contributed by atoms with Gasteiger partial charge in [0.15, 0.2) is 0 Å². The van der Waals surface area contributed by atoms with E-state index in [-0.39, 0.29) is 37.6 Å². The number of phenols is 1. The number of nitrogens with zero attached hydrogens (tertiary/aromatic N) is 2. The second-order valence-corrected chi connectivity index (χ2v) is 15.4. The van der Waals surface area contributed by atoms with Crippen molar-refractivity contribution in [1.82, 2.24) is 9.97 Å². The molecular weight excluding hydrogens is 752 g/mol. The largest absolute Gasteiger partial charge is 0.507 e. The Bertz CT molecular complexity index is 2040. The molecule has 2 heterocycles. The molecule has 0 unspecified atom stereocenters. The van der Waals surface area contributed by atoms with Crippen LogP contribution in [0.15, 0.2) is 72.9 Å². The number of benzene rings is 4. The normalized spacial score (nSPS) is 12.2. The number of aryl methyl sites for hydroxylation is 1. The fraction of sp³-hybridized carbons (Fsp3) is 0.300. The zero-order valence-electron chi connectivity index (χ0n) is 27.6. The molecule has 3 nitrogen and oxygen atoms in total. The number of hydrogen-bond donors (Lipinski definition) is 1. The standard InChI is InChI=1S/C40H41N2OS.Pt/c1-23(2)27-18-31(37-35(19-27)44-38(42-37)33-20-28(39(4,5)6)13-14-34(33)43)25-11-10-12-26(17-25)32-22-29(40(7,8)9)21-30-24(3)15-16-41-36(30)32;/h10-16,18-23,43H,1-9H3;/q-1;. The average Bonchev–Trinajstić information content (AvgIpc) is 3.39. The summed E-state index contributed by atoms with van der Waals surface area (Å²) in [7, 11) is 0. The van der Waals surface area contributed by atoms with Gasteiger partial charge in [0, 0.05) is 37.5 Å². The number of rotatable bonds is 4. The first kappa shape index (κ1) is 33.0. The molecule has 0 radical (unpaired) electrons. The van der Waals surface area contributed by atoms with Crippen molar-refractivity contribution in [2.24, 2.45) is 0 Å². The van der Waals surface area contributed by atoms with Crippen LogP contribution in [0, 0.1) is 13.0 Å². The van der Waals surface area contributed by atoms with E-state index in [9.17, 15) is 5.11 Å². The Kier molecular flexibility index (Phi) is 8.90. The Hall–Kier alpha value is -3.33. The third-order valence-corrected chi connectivity index (χ3v) is 9.62. The zero-order chi connectivity index (χ0) is 31.6. The summed E-state index contributed by atoms with van der Waals surface area (Å²) in [5, 5.41) is 12.9. The van der Waals surface area contributed by atoms with Crippen molar-refractivity contribution < 1.29 is 26.2 Å². The van der Waals surface area contributed by atoms with Gasteiger partial charge in [0.25, 0.3) is 0 Å². The molecule has 0 aliphatic carbocycles. The van der Waals surface area contributed by atoms with Crippen LogP contribution in [0.2, 0.25) is 0 Å². The third-order valence-electron chi connectivity index (χ3n) is 8.58. The van der Waals surface area contributed by atoms with Crippen LogP contribution < -0.4 is 0 Å². The van der Waals surface area contributed by atoms with Gasteiger partial charge < -0.3 is 5.11 Å². The number of aromatic hydroxyl groups is 1. The maximum Gasteiger partial charge on any atom is 0.127 e. The van der Waals surface area contributed by atoms with Gasteiger partial charge in [-0.3, -0.25) is 4.98 Å². The summed E-state index contributed by atoms with van der Waals surface area (Å²) >= 11 is 1.64. The summed E-state index contributed by atoms with van der Waals surface area (Å²) in [4.78, 5) is 10.0. The summed E-state index contributed by atoms with van der Waals surface area (Å²) in [6, 6.07) is 27.3. The molecule has 45 heavy (non-hydrogen) atoms. The molecule has 0 aliphatic rings. The van der Waals surface area contributed by atoms with Gasteiger partial charge in [-0.15, -0.1) is 46.7 Å². The predicted molar refractivity (Wildman–Crippen MR) is 188 cm³/mol. The van der Waals surface area contributed by atoms with E-state index in [0.29, 0.717) is 5.92 Å². The van der Waals surface area contributed by atoms with E-state index in [1.807, 2.05) is 12.3 Å². The van der Waals surface area contributed by atoms with E-state index in [2.05, 4.69) is 123 Å². The Labute approximate surface area is 286 Å². The molecule has 0 bridgehead atoms. The van der Waals surface area contributed by atoms with E-state index in [1.165, 1.54) is 27.6 Å². The topological polar surface area (TPSA) is 46.0 Å². The first-order valence-electron chi connectivity index (χ1n) is 15.4. The molecule has 0 fully saturated rings. The molecule has 1 N–H and O–H groups in total. The quantitative estimate of drug-likeness (QED) is 0.181. The number of pyridine rings is 1. The maximum atomic E-state index is 10.9. The van der Waals surface area contributed by atoms with Crippen LogP contribution in [0.3, 0.4) is 0 Å². The van der Waals surface area contributed by atoms with E-state index in [0.717, 1.165) is 48.6 Å². The van der Waals surface area contributed by atoms with E-state index in [1.54, 1.807) is 17.4 Å². The van der Waals surface area contributed by atoms with Gasteiger partial charge in [-0.25, -0.2) is 4.98 Å². The van der Waals surface area contributed by atoms with Crippen LogP contribution >= 0.6 is 11.3 Å². The number of fused-ring (bicyclic) bond motifs is 2. The van der Waals surface area contributed by atoms with Gasteiger partial charge in [-0.05, 0) is 70.0 Å². The van der Waals surface area contributed by atoms with Crippen molar-refractivity contribution in [1.29, 1.82) is 0 Å². The van der Waals surface area contributed by atoms with E-state index < -0.39 is 0 Å². The number of thiazole rings is 1. The summed E-state index contributed by atoms with van der Waals surface area (Å²) in [6.07, 6.45) is 1.90. The Balaban J connectivity index is 0.00000400. The van der Waals surface area contributed by atoms with Crippen molar-refractivity contribution in [2.75, 3.05) is 0 Å². The molecule has 6 aromatic rings. The van der Waals surface area contributed by atoms with Crippen molar-refractivity contribution >= 4 is 32.5 Å². The van der Waals surface area contributed by atoms with Crippen LogP contribution in [-0.2, 0) is 31.9 Å². The molecule has 0 saturated carbocycles. The van der Waals surface area contributed by atoms with Crippen molar-refractivity contribution in [2.45, 2.75) is 79.1 Å².